The molecule has 0 bridgehead atoms. The van der Waals surface area contributed by atoms with Crippen LogP contribution in [-0.4, -0.2) is 118 Å². The van der Waals surface area contributed by atoms with Crippen LogP contribution in [0.25, 0.3) is 0 Å². The zero-order chi connectivity index (χ0) is 55.3. The van der Waals surface area contributed by atoms with E-state index in [1.807, 2.05) is 0 Å². The molecule has 0 amide bonds. The maximum absolute atomic E-state index is 12.7. The number of hydrogen-bond acceptors (Lipinski definition) is 11. The third kappa shape index (κ3) is 56.4. The van der Waals surface area contributed by atoms with Gasteiger partial charge in [-0.25, -0.2) is 0 Å². The molecule has 0 aromatic heterocycles. The molecular formula is C65H124N2O9. The summed E-state index contributed by atoms with van der Waals surface area (Å²) in [6.45, 7) is 17.7. The first-order valence-corrected chi connectivity index (χ1v) is 32.5. The molecular weight excluding hydrogens is 953 g/mol. The van der Waals surface area contributed by atoms with Gasteiger partial charge in [0.15, 0.2) is 6.29 Å². The lowest BCUT2D eigenvalue weighted by Gasteiger charge is -2.26. The summed E-state index contributed by atoms with van der Waals surface area (Å²) in [5, 5.41) is 9.90. The average Bonchev–Trinajstić information content (AvgIpc) is 3.41. The number of unbranched alkanes of at least 4 members (excludes halogenated alkanes) is 27. The molecule has 0 radical (unpaired) electrons. The Kier molecular flexibility index (Phi) is 60.0. The van der Waals surface area contributed by atoms with Gasteiger partial charge in [0.25, 0.3) is 0 Å². The van der Waals surface area contributed by atoms with Crippen LogP contribution < -0.4 is 0 Å². The highest BCUT2D eigenvalue weighted by molar-refractivity contribution is 5.69. The molecule has 0 aromatic rings. The van der Waals surface area contributed by atoms with Gasteiger partial charge in [-0.1, -0.05) is 180 Å². The molecule has 0 saturated carbocycles. The first-order valence-electron chi connectivity index (χ1n) is 32.5. The van der Waals surface area contributed by atoms with E-state index in [9.17, 15) is 19.5 Å². The average molecular weight is 1080 g/mol. The summed E-state index contributed by atoms with van der Waals surface area (Å²) in [4.78, 5) is 42.3. The lowest BCUT2D eigenvalue weighted by atomic mass is 10.1. The van der Waals surface area contributed by atoms with Crippen LogP contribution in [-0.2, 0) is 38.1 Å². The number of rotatable bonds is 62. The minimum absolute atomic E-state index is 0.0359. The molecule has 11 heteroatoms. The van der Waals surface area contributed by atoms with Gasteiger partial charge >= 0.3 is 17.9 Å². The molecule has 448 valence electrons. The van der Waals surface area contributed by atoms with E-state index in [0.29, 0.717) is 65.3 Å². The van der Waals surface area contributed by atoms with Gasteiger partial charge in [0, 0.05) is 39.0 Å². The van der Waals surface area contributed by atoms with Crippen molar-refractivity contribution in [3.63, 3.8) is 0 Å². The van der Waals surface area contributed by atoms with E-state index in [0.717, 1.165) is 193 Å². The summed E-state index contributed by atoms with van der Waals surface area (Å²) in [5.74, 6) is -0.252. The highest BCUT2D eigenvalue weighted by Gasteiger charge is 2.14. The Morgan fingerprint density at radius 1 is 0.355 bits per heavy atom. The van der Waals surface area contributed by atoms with Gasteiger partial charge in [-0.2, -0.15) is 0 Å². The van der Waals surface area contributed by atoms with Gasteiger partial charge in [0.2, 0.25) is 0 Å². The molecule has 1 N–H and O–H groups in total. The van der Waals surface area contributed by atoms with E-state index in [1.165, 1.54) is 77.0 Å². The fourth-order valence-corrected chi connectivity index (χ4v) is 9.46. The third-order valence-corrected chi connectivity index (χ3v) is 14.3. The molecule has 0 unspecified atom stereocenters. The Labute approximate surface area is 469 Å². The Balaban J connectivity index is 4.69. The Morgan fingerprint density at radius 3 is 1.08 bits per heavy atom. The van der Waals surface area contributed by atoms with E-state index in [1.54, 1.807) is 0 Å². The normalized spacial score (nSPS) is 11.9. The summed E-state index contributed by atoms with van der Waals surface area (Å²) in [5.41, 5.74) is 0. The predicted molar refractivity (Wildman–Crippen MR) is 319 cm³/mol. The number of aliphatic hydroxyl groups excluding tert-OH is 1. The predicted octanol–water partition coefficient (Wildman–Crippen LogP) is 16.8. The van der Waals surface area contributed by atoms with E-state index in [2.05, 4.69) is 61.8 Å². The summed E-state index contributed by atoms with van der Waals surface area (Å²) >= 11 is 0. The Hall–Kier alpha value is -2.31. The van der Waals surface area contributed by atoms with Gasteiger partial charge < -0.3 is 38.6 Å². The second-order valence-electron chi connectivity index (χ2n) is 21.6. The molecule has 0 spiro atoms. The van der Waals surface area contributed by atoms with Crippen LogP contribution in [0.5, 0.6) is 0 Å². The number of hydrogen-bond donors (Lipinski definition) is 1. The van der Waals surface area contributed by atoms with Crippen molar-refractivity contribution in [1.82, 2.24) is 9.80 Å². The van der Waals surface area contributed by atoms with E-state index < -0.39 is 0 Å². The van der Waals surface area contributed by atoms with Crippen LogP contribution in [0.2, 0.25) is 0 Å². The van der Waals surface area contributed by atoms with Crippen LogP contribution in [0.1, 0.15) is 291 Å². The Morgan fingerprint density at radius 2 is 0.684 bits per heavy atom. The maximum atomic E-state index is 12.7. The number of nitrogens with zero attached hydrogens (tertiary/aromatic N) is 2. The molecule has 11 nitrogen and oxygen atoms in total. The lowest BCUT2D eigenvalue weighted by molar-refractivity contribution is -0.159. The minimum Gasteiger partial charge on any atom is -0.466 e. The standard InChI is InChI=1S/C65H124N2O9/c1-5-9-13-17-21-32-40-57-72-62(69)46-35-25-23-27-37-50-66(51-38-28-24-26-36-47-63(70)73-58-41-33-22-18-14-10-6-2)53-45-54-67(55-56-68)52-39-29-34-42-59-74-64(71)48-49-65(75-60-43-30-19-15-11-7-3)76-61-44-31-20-16-12-8-4/h11-12,15-16,65,68H,5-10,13-14,17-61H2,1-4H3/b15-11-,16-12-. The fraction of sp³-hybridized carbons (Fsp3) is 0.892. The van der Waals surface area contributed by atoms with Crippen LogP contribution >= 0.6 is 0 Å². The number of ether oxygens (including phenoxy) is 5. The van der Waals surface area contributed by atoms with Crippen molar-refractivity contribution in [2.45, 2.75) is 297 Å². The first-order chi connectivity index (χ1) is 37.4. The highest BCUT2D eigenvalue weighted by atomic mass is 16.7. The van der Waals surface area contributed by atoms with Gasteiger partial charge in [-0.15, -0.1) is 0 Å². The van der Waals surface area contributed by atoms with Crippen molar-refractivity contribution in [2.24, 2.45) is 0 Å². The van der Waals surface area contributed by atoms with E-state index in [4.69, 9.17) is 23.7 Å². The van der Waals surface area contributed by atoms with Crippen LogP contribution in [0.4, 0.5) is 0 Å². The number of carbonyl (C=O) groups is 3. The molecule has 0 heterocycles. The van der Waals surface area contributed by atoms with Crippen LogP contribution in [0, 0.1) is 0 Å². The van der Waals surface area contributed by atoms with Gasteiger partial charge in [0.05, 0.1) is 32.8 Å². The van der Waals surface area contributed by atoms with Crippen molar-refractivity contribution in [3.05, 3.63) is 24.3 Å². The van der Waals surface area contributed by atoms with Gasteiger partial charge in [-0.05, 0) is 142 Å². The first kappa shape index (κ1) is 73.7. The van der Waals surface area contributed by atoms with Crippen molar-refractivity contribution < 1.29 is 43.2 Å². The van der Waals surface area contributed by atoms with Crippen molar-refractivity contribution in [2.75, 3.05) is 78.9 Å². The molecule has 0 rings (SSSR count). The number of esters is 3. The van der Waals surface area contributed by atoms with E-state index >= 15 is 0 Å². The third-order valence-electron chi connectivity index (χ3n) is 14.3. The lowest BCUT2D eigenvalue weighted by Crippen LogP contribution is -2.33. The van der Waals surface area contributed by atoms with Crippen molar-refractivity contribution in [3.8, 4) is 0 Å². The summed E-state index contributed by atoms with van der Waals surface area (Å²) in [7, 11) is 0. The molecule has 0 saturated heterocycles. The van der Waals surface area contributed by atoms with Gasteiger partial charge in [0.1, 0.15) is 0 Å². The maximum Gasteiger partial charge on any atom is 0.305 e. The molecule has 0 atom stereocenters. The molecule has 0 aromatic carbocycles. The monoisotopic (exact) mass is 1080 g/mol. The van der Waals surface area contributed by atoms with Crippen LogP contribution in [0.3, 0.4) is 0 Å². The fourth-order valence-electron chi connectivity index (χ4n) is 9.46. The quantitative estimate of drug-likeness (QED) is 0.0206. The minimum atomic E-state index is -0.375. The number of allylic oxidation sites excluding steroid dienone is 4. The van der Waals surface area contributed by atoms with E-state index in [-0.39, 0.29) is 30.8 Å². The van der Waals surface area contributed by atoms with Crippen molar-refractivity contribution >= 4 is 17.9 Å². The van der Waals surface area contributed by atoms with Crippen LogP contribution in [0.15, 0.2) is 24.3 Å². The summed E-state index contributed by atoms with van der Waals surface area (Å²) in [6.07, 6.45) is 52.0. The molecule has 76 heavy (non-hydrogen) atoms. The van der Waals surface area contributed by atoms with Crippen molar-refractivity contribution in [1.29, 1.82) is 0 Å². The molecule has 0 aliphatic carbocycles. The Bertz CT molecular complexity index is 1210. The number of aliphatic hydroxyl groups is 1. The summed E-state index contributed by atoms with van der Waals surface area (Å²) in [6, 6.07) is 0. The molecule has 0 fully saturated rings. The smallest absolute Gasteiger partial charge is 0.305 e. The summed E-state index contributed by atoms with van der Waals surface area (Å²) < 4.78 is 28.8. The topological polar surface area (TPSA) is 124 Å². The number of carbonyl (C=O) groups excluding carboxylic acids is 3. The second-order valence-corrected chi connectivity index (χ2v) is 21.6. The van der Waals surface area contributed by atoms with Gasteiger partial charge in [-0.3, -0.25) is 14.4 Å². The second kappa shape index (κ2) is 61.9. The zero-order valence-corrected chi connectivity index (χ0v) is 50.5. The largest absolute Gasteiger partial charge is 0.466 e. The molecule has 0 aliphatic heterocycles. The highest BCUT2D eigenvalue weighted by Crippen LogP contribution is 2.15. The molecule has 0 aliphatic rings. The SMILES string of the molecule is CC/C=C\CCCCOC(CCC(=O)OCCCCCCN(CCO)CCCN(CCCCCCCC(=O)OCCCCCCCCC)CCCCCCCC(=O)OCCCCCCCCC)OCCCC/C=C\CC. The zero-order valence-electron chi connectivity index (χ0n) is 50.5.